The number of ether oxygens (including phenoxy) is 1. The average Bonchev–Trinajstić information content (AvgIpc) is 2.19. The van der Waals surface area contributed by atoms with Gasteiger partial charge in [-0.05, 0) is 31.7 Å². The van der Waals surface area contributed by atoms with Crippen LogP contribution in [0.3, 0.4) is 0 Å². The molecule has 78 valence electrons. The van der Waals surface area contributed by atoms with E-state index < -0.39 is 0 Å². The van der Waals surface area contributed by atoms with Gasteiger partial charge in [0.05, 0.1) is 12.7 Å². The molecule has 0 aliphatic heterocycles. The summed E-state index contributed by atoms with van der Waals surface area (Å²) in [6.45, 7) is 2.65. The lowest BCUT2D eigenvalue weighted by Gasteiger charge is -2.25. The zero-order valence-corrected chi connectivity index (χ0v) is 8.59. The first-order valence-corrected chi connectivity index (χ1v) is 5.13. The maximum Gasteiger partial charge on any atom is 0.0651 e. The molecule has 0 heterocycles. The maximum absolute atomic E-state index is 8.33. The molecule has 0 saturated heterocycles. The molecule has 0 aromatic rings. The van der Waals surface area contributed by atoms with E-state index >= 15 is 0 Å². The summed E-state index contributed by atoms with van der Waals surface area (Å²) in [5.41, 5.74) is 8.33. The van der Waals surface area contributed by atoms with E-state index in [1.165, 1.54) is 0 Å². The predicted molar refractivity (Wildman–Crippen MR) is 56.0 cm³/mol. The quantitative estimate of drug-likeness (QED) is 0.294. The summed E-state index contributed by atoms with van der Waals surface area (Å²) in [7, 11) is 0. The minimum absolute atomic E-state index is 0.143. The molecule has 1 aliphatic rings. The first kappa shape index (κ1) is 11.1. The highest BCUT2D eigenvalue weighted by Crippen LogP contribution is 2.23. The molecule has 1 aliphatic carbocycles. The topological polar surface area (TPSA) is 58.0 Å². The lowest BCUT2D eigenvalue weighted by atomic mass is 9.93. The van der Waals surface area contributed by atoms with Crippen LogP contribution in [0.25, 0.3) is 10.4 Å². The highest BCUT2D eigenvalue weighted by Gasteiger charge is 2.20. The molecule has 0 aromatic carbocycles. The number of hydrogen-bond acceptors (Lipinski definition) is 2. The summed E-state index contributed by atoms with van der Waals surface area (Å²) in [6, 6.07) is 0.143. The molecule has 1 saturated carbocycles. The van der Waals surface area contributed by atoms with Gasteiger partial charge in [0.25, 0.3) is 0 Å². The van der Waals surface area contributed by atoms with Crippen molar-refractivity contribution in [2.75, 3.05) is 6.61 Å². The summed E-state index contributed by atoms with van der Waals surface area (Å²) in [4.78, 5) is 2.85. The summed E-state index contributed by atoms with van der Waals surface area (Å²) >= 11 is 0. The van der Waals surface area contributed by atoms with E-state index in [-0.39, 0.29) is 12.1 Å². The van der Waals surface area contributed by atoms with E-state index in [9.17, 15) is 0 Å². The minimum atomic E-state index is 0.143. The van der Waals surface area contributed by atoms with Crippen molar-refractivity contribution in [1.82, 2.24) is 0 Å². The van der Waals surface area contributed by atoms with E-state index in [1.54, 1.807) is 0 Å². The van der Waals surface area contributed by atoms with Crippen molar-refractivity contribution in [1.29, 1.82) is 0 Å². The summed E-state index contributed by atoms with van der Waals surface area (Å²) in [5, 5.41) is 3.74. The van der Waals surface area contributed by atoms with Gasteiger partial charge >= 0.3 is 0 Å². The zero-order valence-electron chi connectivity index (χ0n) is 8.59. The second-order valence-electron chi connectivity index (χ2n) is 3.55. The standard InChI is InChI=1S/C10H17N3O/c1-2-3-7-14-10-6-4-5-9(8-10)12-13-11/h2-3,9-10H,4-8H2,1H3. The van der Waals surface area contributed by atoms with Crippen molar-refractivity contribution >= 4 is 0 Å². The molecule has 2 atom stereocenters. The van der Waals surface area contributed by atoms with Crippen molar-refractivity contribution < 1.29 is 4.74 Å². The van der Waals surface area contributed by atoms with Crippen LogP contribution < -0.4 is 0 Å². The van der Waals surface area contributed by atoms with Crippen LogP contribution in [0.1, 0.15) is 32.6 Å². The third-order valence-electron chi connectivity index (χ3n) is 2.48. The molecule has 0 amide bonds. The van der Waals surface area contributed by atoms with Gasteiger partial charge in [0.1, 0.15) is 0 Å². The molecule has 2 unspecified atom stereocenters. The van der Waals surface area contributed by atoms with Crippen molar-refractivity contribution in [3.63, 3.8) is 0 Å². The molecular formula is C10H17N3O. The van der Waals surface area contributed by atoms with Crippen molar-refractivity contribution in [3.8, 4) is 0 Å². The normalized spacial score (nSPS) is 27.5. The fourth-order valence-corrected chi connectivity index (χ4v) is 1.74. The molecule has 1 rings (SSSR count). The first-order valence-electron chi connectivity index (χ1n) is 5.13. The number of rotatable bonds is 4. The number of nitrogens with zero attached hydrogens (tertiary/aromatic N) is 3. The lowest BCUT2D eigenvalue weighted by Crippen LogP contribution is -2.24. The second kappa shape index (κ2) is 6.46. The van der Waals surface area contributed by atoms with Crippen LogP contribution in [0.2, 0.25) is 0 Å². The number of allylic oxidation sites excluding steroid dienone is 1. The van der Waals surface area contributed by atoms with Gasteiger partial charge in [-0.25, -0.2) is 0 Å². The Kier molecular flexibility index (Phi) is 5.12. The van der Waals surface area contributed by atoms with Gasteiger partial charge in [0, 0.05) is 11.0 Å². The summed E-state index contributed by atoms with van der Waals surface area (Å²) in [6.07, 6.45) is 8.33. The van der Waals surface area contributed by atoms with Crippen LogP contribution in [0, 0.1) is 0 Å². The molecule has 0 N–H and O–H groups in total. The summed E-state index contributed by atoms with van der Waals surface area (Å²) in [5.74, 6) is 0. The van der Waals surface area contributed by atoms with E-state index in [4.69, 9.17) is 10.3 Å². The Bertz CT molecular complexity index is 234. The number of azide groups is 1. The van der Waals surface area contributed by atoms with Crippen LogP contribution in [0.4, 0.5) is 0 Å². The second-order valence-corrected chi connectivity index (χ2v) is 3.55. The van der Waals surface area contributed by atoms with E-state index in [1.807, 2.05) is 19.1 Å². The highest BCUT2D eigenvalue weighted by atomic mass is 16.5. The van der Waals surface area contributed by atoms with Gasteiger partial charge < -0.3 is 4.74 Å². The fraction of sp³-hybridized carbons (Fsp3) is 0.800. The van der Waals surface area contributed by atoms with Gasteiger partial charge in [-0.2, -0.15) is 0 Å². The van der Waals surface area contributed by atoms with E-state index in [0.29, 0.717) is 6.61 Å². The zero-order chi connectivity index (χ0) is 10.2. The molecule has 4 heteroatoms. The van der Waals surface area contributed by atoms with Crippen LogP contribution in [-0.4, -0.2) is 18.8 Å². The highest BCUT2D eigenvalue weighted by molar-refractivity contribution is 4.81. The van der Waals surface area contributed by atoms with Crippen molar-refractivity contribution in [2.45, 2.75) is 44.8 Å². The van der Waals surface area contributed by atoms with Crippen LogP contribution in [0.5, 0.6) is 0 Å². The molecule has 1 fully saturated rings. The van der Waals surface area contributed by atoms with E-state index in [0.717, 1.165) is 25.7 Å². The minimum Gasteiger partial charge on any atom is -0.374 e. The Morgan fingerprint density at radius 2 is 2.43 bits per heavy atom. The molecule has 4 nitrogen and oxygen atoms in total. The predicted octanol–water partition coefficient (Wildman–Crippen LogP) is 3.20. The average molecular weight is 195 g/mol. The fourth-order valence-electron chi connectivity index (χ4n) is 1.74. The molecule has 0 aromatic heterocycles. The van der Waals surface area contributed by atoms with Gasteiger partial charge in [-0.1, -0.05) is 23.7 Å². The Hall–Kier alpha value is -0.990. The van der Waals surface area contributed by atoms with Crippen LogP contribution >= 0.6 is 0 Å². The van der Waals surface area contributed by atoms with Crippen molar-refractivity contribution in [2.24, 2.45) is 5.11 Å². The Balaban J connectivity index is 2.28. The molecular weight excluding hydrogens is 178 g/mol. The number of hydrogen-bond donors (Lipinski definition) is 0. The lowest BCUT2D eigenvalue weighted by molar-refractivity contribution is 0.0410. The van der Waals surface area contributed by atoms with Crippen molar-refractivity contribution in [3.05, 3.63) is 22.6 Å². The molecule has 0 radical (unpaired) electrons. The monoisotopic (exact) mass is 195 g/mol. The molecule has 14 heavy (non-hydrogen) atoms. The first-order chi connectivity index (χ1) is 6.86. The Morgan fingerprint density at radius 1 is 1.57 bits per heavy atom. The van der Waals surface area contributed by atoms with Gasteiger partial charge in [-0.15, -0.1) is 0 Å². The SMILES string of the molecule is CC=CCOC1CCCC(N=[N+]=[N-])C1. The van der Waals surface area contributed by atoms with Gasteiger partial charge in [0.15, 0.2) is 0 Å². The Labute approximate surface area is 84.6 Å². The van der Waals surface area contributed by atoms with Crippen LogP contribution in [0.15, 0.2) is 17.3 Å². The largest absolute Gasteiger partial charge is 0.374 e. The third-order valence-corrected chi connectivity index (χ3v) is 2.48. The van der Waals surface area contributed by atoms with Gasteiger partial charge in [0.2, 0.25) is 0 Å². The summed E-state index contributed by atoms with van der Waals surface area (Å²) < 4.78 is 5.63. The van der Waals surface area contributed by atoms with Gasteiger partial charge in [-0.3, -0.25) is 0 Å². The molecule has 0 spiro atoms. The van der Waals surface area contributed by atoms with E-state index in [2.05, 4.69) is 10.0 Å². The maximum atomic E-state index is 8.33. The third kappa shape index (κ3) is 3.81. The van der Waals surface area contributed by atoms with Crippen LogP contribution in [-0.2, 0) is 4.74 Å². The Morgan fingerprint density at radius 3 is 3.14 bits per heavy atom. The smallest absolute Gasteiger partial charge is 0.0651 e. The molecule has 0 bridgehead atoms.